The van der Waals surface area contributed by atoms with Crippen molar-refractivity contribution >= 4 is 17.2 Å². The predicted molar refractivity (Wildman–Crippen MR) is 129 cm³/mol. The van der Waals surface area contributed by atoms with E-state index in [0.717, 1.165) is 53.7 Å². The Bertz CT molecular complexity index is 1050. The maximum Gasteiger partial charge on any atom is 0.228 e. The summed E-state index contributed by atoms with van der Waals surface area (Å²) in [6.45, 7) is 8.28. The maximum atomic E-state index is 12.8. The molecule has 2 heterocycles. The summed E-state index contributed by atoms with van der Waals surface area (Å²) < 4.78 is 11.7. The van der Waals surface area contributed by atoms with Gasteiger partial charge in [0.15, 0.2) is 0 Å². The summed E-state index contributed by atoms with van der Waals surface area (Å²) >= 11 is 1.57. The van der Waals surface area contributed by atoms with E-state index in [0.29, 0.717) is 13.0 Å². The molecule has 1 fully saturated rings. The summed E-state index contributed by atoms with van der Waals surface area (Å²) in [5.74, 6) is 1.91. The Labute approximate surface area is 194 Å². The number of carbonyl (C=O) groups is 1. The van der Waals surface area contributed by atoms with Crippen LogP contribution in [-0.4, -0.2) is 41.6 Å². The van der Waals surface area contributed by atoms with E-state index in [1.165, 1.54) is 11.1 Å². The summed E-state index contributed by atoms with van der Waals surface area (Å²) in [4.78, 5) is 19.4. The first-order valence-corrected chi connectivity index (χ1v) is 12.1. The second kappa shape index (κ2) is 10.2. The van der Waals surface area contributed by atoms with Crippen LogP contribution in [0.25, 0.3) is 10.6 Å². The number of aromatic nitrogens is 1. The molecule has 1 aromatic heterocycles. The molecular weight excluding hydrogens is 420 g/mol. The van der Waals surface area contributed by atoms with Crippen LogP contribution >= 0.6 is 11.3 Å². The van der Waals surface area contributed by atoms with Gasteiger partial charge < -0.3 is 14.4 Å². The van der Waals surface area contributed by atoms with E-state index in [1.807, 2.05) is 47.5 Å². The van der Waals surface area contributed by atoms with E-state index in [-0.39, 0.29) is 12.0 Å². The number of aryl methyl sites for hydroxylation is 2. The van der Waals surface area contributed by atoms with Crippen LogP contribution < -0.4 is 9.47 Å². The van der Waals surface area contributed by atoms with Crippen LogP contribution in [0.2, 0.25) is 0 Å². The minimum absolute atomic E-state index is 0.137. The Morgan fingerprint density at radius 2 is 1.78 bits per heavy atom. The Balaban J connectivity index is 1.28. The smallest absolute Gasteiger partial charge is 0.228 e. The van der Waals surface area contributed by atoms with E-state index < -0.39 is 0 Å². The van der Waals surface area contributed by atoms with Gasteiger partial charge in [0.25, 0.3) is 0 Å². The SMILES string of the molecule is CCOc1ccc(-c2nc(CC(=O)N3CCC(Oc4ccc(C)c(C)c4)CC3)cs2)cc1. The third kappa shape index (κ3) is 5.49. The molecule has 0 bridgehead atoms. The first-order valence-electron chi connectivity index (χ1n) is 11.2. The van der Waals surface area contributed by atoms with Crippen molar-refractivity contribution in [2.45, 2.75) is 46.1 Å². The number of ether oxygens (including phenoxy) is 2. The van der Waals surface area contributed by atoms with E-state index in [9.17, 15) is 4.79 Å². The number of amides is 1. The molecule has 0 spiro atoms. The topological polar surface area (TPSA) is 51.7 Å². The van der Waals surface area contributed by atoms with Crippen LogP contribution in [0.5, 0.6) is 11.5 Å². The van der Waals surface area contributed by atoms with Crippen molar-refractivity contribution in [3.63, 3.8) is 0 Å². The number of hydrogen-bond donors (Lipinski definition) is 0. The summed E-state index contributed by atoms with van der Waals surface area (Å²) in [5.41, 5.74) is 4.38. The van der Waals surface area contributed by atoms with Crippen LogP contribution in [0.15, 0.2) is 47.8 Å². The summed E-state index contributed by atoms with van der Waals surface area (Å²) in [7, 11) is 0. The average Bonchev–Trinajstić information content (AvgIpc) is 3.26. The van der Waals surface area contributed by atoms with Crippen molar-refractivity contribution in [3.8, 4) is 22.1 Å². The predicted octanol–water partition coefficient (Wildman–Crippen LogP) is 5.44. The number of benzene rings is 2. The summed E-state index contributed by atoms with van der Waals surface area (Å²) in [5, 5.41) is 2.91. The Morgan fingerprint density at radius 1 is 1.06 bits per heavy atom. The zero-order chi connectivity index (χ0) is 22.5. The van der Waals surface area contributed by atoms with Crippen molar-refractivity contribution in [2.24, 2.45) is 0 Å². The standard InChI is InChI=1S/C26H30N2O3S/c1-4-30-22-9-6-20(7-10-22)26-27-21(17-32-26)16-25(29)28-13-11-23(12-14-28)31-24-8-5-18(2)19(3)15-24/h5-10,15,17,23H,4,11-14,16H2,1-3H3. The molecule has 32 heavy (non-hydrogen) atoms. The van der Waals surface area contributed by atoms with Gasteiger partial charge in [-0.1, -0.05) is 6.07 Å². The van der Waals surface area contributed by atoms with Gasteiger partial charge in [-0.25, -0.2) is 4.98 Å². The normalized spacial score (nSPS) is 14.4. The molecular formula is C26H30N2O3S. The molecule has 5 nitrogen and oxygen atoms in total. The molecule has 0 atom stereocenters. The lowest BCUT2D eigenvalue weighted by atomic mass is 10.1. The Morgan fingerprint density at radius 3 is 2.47 bits per heavy atom. The highest BCUT2D eigenvalue weighted by Gasteiger charge is 2.24. The zero-order valence-corrected chi connectivity index (χ0v) is 19.8. The quantitative estimate of drug-likeness (QED) is 0.481. The molecule has 2 aromatic carbocycles. The fourth-order valence-corrected chi connectivity index (χ4v) is 4.68. The number of nitrogens with zero attached hydrogens (tertiary/aromatic N) is 2. The van der Waals surface area contributed by atoms with Crippen LogP contribution in [0.4, 0.5) is 0 Å². The van der Waals surface area contributed by atoms with E-state index >= 15 is 0 Å². The van der Waals surface area contributed by atoms with Crippen LogP contribution in [0.1, 0.15) is 36.6 Å². The second-order valence-corrected chi connectivity index (χ2v) is 9.08. The van der Waals surface area contributed by atoms with Crippen molar-refractivity contribution in [1.29, 1.82) is 0 Å². The van der Waals surface area contributed by atoms with E-state index in [2.05, 4.69) is 31.0 Å². The van der Waals surface area contributed by atoms with Crippen molar-refractivity contribution in [2.75, 3.05) is 19.7 Å². The minimum Gasteiger partial charge on any atom is -0.494 e. The molecule has 168 valence electrons. The van der Waals surface area contributed by atoms with E-state index in [1.54, 1.807) is 11.3 Å². The summed E-state index contributed by atoms with van der Waals surface area (Å²) in [6, 6.07) is 14.1. The molecule has 1 amide bonds. The molecule has 4 rings (SSSR count). The minimum atomic E-state index is 0.137. The third-order valence-electron chi connectivity index (χ3n) is 5.87. The lowest BCUT2D eigenvalue weighted by molar-refractivity contribution is -0.132. The van der Waals surface area contributed by atoms with Gasteiger partial charge in [0.2, 0.25) is 5.91 Å². The van der Waals surface area contributed by atoms with E-state index in [4.69, 9.17) is 9.47 Å². The zero-order valence-electron chi connectivity index (χ0n) is 19.0. The van der Waals surface area contributed by atoms with Gasteiger partial charge in [-0.3, -0.25) is 4.79 Å². The van der Waals surface area contributed by atoms with Gasteiger partial charge in [-0.15, -0.1) is 11.3 Å². The highest BCUT2D eigenvalue weighted by molar-refractivity contribution is 7.13. The number of likely N-dealkylation sites (tertiary alicyclic amines) is 1. The van der Waals surface area contributed by atoms with Crippen molar-refractivity contribution in [1.82, 2.24) is 9.88 Å². The van der Waals surface area contributed by atoms with Gasteiger partial charge >= 0.3 is 0 Å². The largest absolute Gasteiger partial charge is 0.494 e. The number of piperidine rings is 1. The molecule has 0 saturated carbocycles. The van der Waals surface area contributed by atoms with Crippen LogP contribution in [0, 0.1) is 13.8 Å². The summed E-state index contributed by atoms with van der Waals surface area (Å²) in [6.07, 6.45) is 2.21. The number of carbonyl (C=O) groups excluding carboxylic acids is 1. The second-order valence-electron chi connectivity index (χ2n) is 8.22. The monoisotopic (exact) mass is 450 g/mol. The molecule has 0 N–H and O–H groups in total. The van der Waals surface area contributed by atoms with Crippen LogP contribution in [-0.2, 0) is 11.2 Å². The molecule has 3 aromatic rings. The van der Waals surface area contributed by atoms with Crippen molar-refractivity contribution < 1.29 is 14.3 Å². The molecule has 1 aliphatic rings. The first-order chi connectivity index (χ1) is 15.5. The third-order valence-corrected chi connectivity index (χ3v) is 6.81. The fourth-order valence-electron chi connectivity index (χ4n) is 3.85. The molecule has 0 unspecified atom stereocenters. The van der Waals surface area contributed by atoms with Gasteiger partial charge in [-0.05, 0) is 68.3 Å². The number of thiazole rings is 1. The fraction of sp³-hybridized carbons (Fsp3) is 0.385. The van der Waals surface area contributed by atoms with Gasteiger partial charge in [0.05, 0.1) is 18.7 Å². The Hall–Kier alpha value is -2.86. The van der Waals surface area contributed by atoms with Gasteiger partial charge in [0.1, 0.15) is 22.6 Å². The number of rotatable bonds is 7. The maximum absolute atomic E-state index is 12.8. The first kappa shape index (κ1) is 22.3. The Kier molecular flexibility index (Phi) is 7.10. The lowest BCUT2D eigenvalue weighted by Crippen LogP contribution is -2.42. The number of hydrogen-bond acceptors (Lipinski definition) is 5. The molecule has 0 radical (unpaired) electrons. The average molecular weight is 451 g/mol. The van der Waals surface area contributed by atoms with Gasteiger partial charge in [-0.2, -0.15) is 0 Å². The lowest BCUT2D eigenvalue weighted by Gasteiger charge is -2.32. The van der Waals surface area contributed by atoms with Crippen LogP contribution in [0.3, 0.4) is 0 Å². The highest BCUT2D eigenvalue weighted by atomic mass is 32.1. The molecule has 1 aliphatic heterocycles. The van der Waals surface area contributed by atoms with Crippen molar-refractivity contribution in [3.05, 3.63) is 64.7 Å². The molecule has 1 saturated heterocycles. The molecule has 0 aliphatic carbocycles. The molecule has 6 heteroatoms. The van der Waals surface area contributed by atoms with Gasteiger partial charge in [0, 0.05) is 36.9 Å². The highest BCUT2D eigenvalue weighted by Crippen LogP contribution is 2.27.